The number of aryl methyl sites for hydroxylation is 1. The Hall–Kier alpha value is -1.81. The van der Waals surface area contributed by atoms with Crippen molar-refractivity contribution in [1.29, 1.82) is 0 Å². The lowest BCUT2D eigenvalue weighted by Crippen LogP contribution is -2.35. The molecule has 1 aromatic heterocycles. The third kappa shape index (κ3) is 4.90. The molecule has 0 atom stereocenters. The maximum Gasteiger partial charge on any atom is 0.133 e. The van der Waals surface area contributed by atoms with Crippen molar-refractivity contribution in [2.45, 2.75) is 46.2 Å². The Morgan fingerprint density at radius 1 is 1.14 bits per heavy atom. The van der Waals surface area contributed by atoms with Crippen LogP contribution >= 0.6 is 0 Å². The monoisotopic (exact) mass is 287 g/mol. The Labute approximate surface area is 125 Å². The van der Waals surface area contributed by atoms with Crippen LogP contribution < -0.4 is 5.32 Å². The van der Waals surface area contributed by atoms with Crippen LogP contribution in [0.1, 0.15) is 43.5 Å². The van der Waals surface area contributed by atoms with Gasteiger partial charge >= 0.3 is 0 Å². The number of halogens is 1. The van der Waals surface area contributed by atoms with Crippen LogP contribution in [0, 0.1) is 12.7 Å². The first-order chi connectivity index (χ1) is 9.83. The highest BCUT2D eigenvalue weighted by Gasteiger charge is 2.11. The Kier molecular flexibility index (Phi) is 4.68. The summed E-state index contributed by atoms with van der Waals surface area (Å²) in [6, 6.07) is 8.72. The van der Waals surface area contributed by atoms with Crippen molar-refractivity contribution < 1.29 is 4.39 Å². The Balaban J connectivity index is 2.17. The van der Waals surface area contributed by atoms with Crippen LogP contribution in [0.4, 0.5) is 4.39 Å². The van der Waals surface area contributed by atoms with Crippen LogP contribution in [0.3, 0.4) is 0 Å². The topological polar surface area (TPSA) is 37.8 Å². The van der Waals surface area contributed by atoms with E-state index in [0.29, 0.717) is 24.4 Å². The van der Waals surface area contributed by atoms with Gasteiger partial charge < -0.3 is 5.32 Å². The molecule has 0 fully saturated rings. The average molecular weight is 287 g/mol. The van der Waals surface area contributed by atoms with Gasteiger partial charge in [0.15, 0.2) is 0 Å². The molecule has 1 aromatic carbocycles. The highest BCUT2D eigenvalue weighted by atomic mass is 19.1. The predicted octanol–water partition coefficient (Wildman–Crippen LogP) is 3.40. The molecule has 0 radical (unpaired) electrons. The number of hydrogen-bond acceptors (Lipinski definition) is 3. The van der Waals surface area contributed by atoms with Gasteiger partial charge in [-0.25, -0.2) is 14.4 Å². The van der Waals surface area contributed by atoms with Crippen LogP contribution in [0.15, 0.2) is 30.3 Å². The van der Waals surface area contributed by atoms with E-state index in [1.54, 1.807) is 12.1 Å². The smallest absolute Gasteiger partial charge is 0.133 e. The zero-order valence-electron chi connectivity index (χ0n) is 13.1. The molecule has 0 spiro atoms. The van der Waals surface area contributed by atoms with Gasteiger partial charge in [0.25, 0.3) is 0 Å². The van der Waals surface area contributed by atoms with E-state index < -0.39 is 0 Å². The minimum atomic E-state index is -0.211. The van der Waals surface area contributed by atoms with Gasteiger partial charge in [0, 0.05) is 24.2 Å². The zero-order chi connectivity index (χ0) is 15.5. The van der Waals surface area contributed by atoms with E-state index in [2.05, 4.69) is 36.1 Å². The van der Waals surface area contributed by atoms with Crippen molar-refractivity contribution in [2.24, 2.45) is 0 Å². The quantitative estimate of drug-likeness (QED) is 0.936. The summed E-state index contributed by atoms with van der Waals surface area (Å²) in [6.07, 6.45) is 0.414. The summed E-state index contributed by atoms with van der Waals surface area (Å²) in [7, 11) is 0. The number of nitrogens with zero attached hydrogens (tertiary/aromatic N) is 2. The molecule has 2 aromatic rings. The van der Waals surface area contributed by atoms with E-state index in [9.17, 15) is 4.39 Å². The van der Waals surface area contributed by atoms with Crippen molar-refractivity contribution in [3.05, 3.63) is 58.9 Å². The molecule has 112 valence electrons. The molecule has 0 saturated heterocycles. The maximum absolute atomic E-state index is 13.7. The first-order valence-electron chi connectivity index (χ1n) is 7.15. The molecule has 0 aliphatic rings. The fourth-order valence-corrected chi connectivity index (χ4v) is 2.04. The summed E-state index contributed by atoms with van der Waals surface area (Å²) < 4.78 is 13.7. The van der Waals surface area contributed by atoms with Gasteiger partial charge in [-0.05, 0) is 45.4 Å². The molecule has 0 unspecified atom stereocenters. The van der Waals surface area contributed by atoms with Crippen LogP contribution in [0.25, 0.3) is 0 Å². The number of rotatable bonds is 4. The molecule has 3 nitrogen and oxygen atoms in total. The third-order valence-electron chi connectivity index (χ3n) is 3.06. The SMILES string of the molecule is Cc1cc(CNC(C)(C)C)nc(Cc2ccccc2F)n1. The first kappa shape index (κ1) is 15.6. The minimum Gasteiger partial charge on any atom is -0.306 e. The van der Waals surface area contributed by atoms with E-state index in [0.717, 1.165) is 11.4 Å². The molecular formula is C17H22FN3. The van der Waals surface area contributed by atoms with Gasteiger partial charge in [-0.1, -0.05) is 18.2 Å². The largest absolute Gasteiger partial charge is 0.306 e. The second-order valence-corrected chi connectivity index (χ2v) is 6.29. The summed E-state index contributed by atoms with van der Waals surface area (Å²) in [4.78, 5) is 8.94. The molecular weight excluding hydrogens is 265 g/mol. The lowest BCUT2D eigenvalue weighted by Gasteiger charge is -2.20. The average Bonchev–Trinajstić information content (AvgIpc) is 2.38. The van der Waals surface area contributed by atoms with Crippen molar-refractivity contribution in [3.63, 3.8) is 0 Å². The molecule has 21 heavy (non-hydrogen) atoms. The summed E-state index contributed by atoms with van der Waals surface area (Å²) in [5.74, 6) is 0.447. The van der Waals surface area contributed by atoms with E-state index in [1.807, 2.05) is 19.1 Å². The molecule has 0 amide bonds. The molecule has 0 aliphatic heterocycles. The van der Waals surface area contributed by atoms with Gasteiger partial charge in [0.2, 0.25) is 0 Å². The fourth-order valence-electron chi connectivity index (χ4n) is 2.04. The van der Waals surface area contributed by atoms with Crippen LogP contribution in [0.5, 0.6) is 0 Å². The normalized spacial score (nSPS) is 11.7. The van der Waals surface area contributed by atoms with Crippen LogP contribution in [-0.4, -0.2) is 15.5 Å². The molecule has 4 heteroatoms. The number of hydrogen-bond donors (Lipinski definition) is 1. The summed E-state index contributed by atoms with van der Waals surface area (Å²) >= 11 is 0. The van der Waals surface area contributed by atoms with Gasteiger partial charge in [-0.3, -0.25) is 0 Å². The summed E-state index contributed by atoms with van der Waals surface area (Å²) in [5, 5.41) is 3.40. The van der Waals surface area contributed by atoms with Gasteiger partial charge in [-0.2, -0.15) is 0 Å². The highest BCUT2D eigenvalue weighted by molar-refractivity contribution is 5.22. The van der Waals surface area contributed by atoms with Gasteiger partial charge in [0.05, 0.1) is 5.69 Å². The predicted molar refractivity (Wildman–Crippen MR) is 82.6 cm³/mol. The van der Waals surface area contributed by atoms with Gasteiger partial charge in [0.1, 0.15) is 11.6 Å². The van der Waals surface area contributed by atoms with E-state index in [1.165, 1.54) is 6.07 Å². The molecule has 0 aliphatic carbocycles. The lowest BCUT2D eigenvalue weighted by atomic mass is 10.1. The van der Waals surface area contributed by atoms with Crippen molar-refractivity contribution in [2.75, 3.05) is 0 Å². The minimum absolute atomic E-state index is 0.0323. The molecule has 1 heterocycles. The maximum atomic E-state index is 13.7. The standard InChI is InChI=1S/C17H22FN3/c1-12-9-14(11-19-17(2,3)4)21-16(20-12)10-13-7-5-6-8-15(13)18/h5-9,19H,10-11H2,1-4H3. The number of nitrogens with one attached hydrogen (secondary N) is 1. The Morgan fingerprint density at radius 2 is 1.86 bits per heavy atom. The highest BCUT2D eigenvalue weighted by Crippen LogP contribution is 2.12. The van der Waals surface area contributed by atoms with E-state index in [4.69, 9.17) is 0 Å². The molecule has 1 N–H and O–H groups in total. The molecule has 0 saturated carbocycles. The van der Waals surface area contributed by atoms with Crippen molar-refractivity contribution in [3.8, 4) is 0 Å². The number of aromatic nitrogens is 2. The third-order valence-corrected chi connectivity index (χ3v) is 3.06. The van der Waals surface area contributed by atoms with Crippen LogP contribution in [0.2, 0.25) is 0 Å². The molecule has 2 rings (SSSR count). The van der Waals surface area contributed by atoms with E-state index in [-0.39, 0.29) is 11.4 Å². The Morgan fingerprint density at radius 3 is 2.52 bits per heavy atom. The summed E-state index contributed by atoms with van der Waals surface area (Å²) in [6.45, 7) is 8.95. The Bertz CT molecular complexity index is 618. The van der Waals surface area contributed by atoms with E-state index >= 15 is 0 Å². The van der Waals surface area contributed by atoms with Crippen LogP contribution in [-0.2, 0) is 13.0 Å². The van der Waals surface area contributed by atoms with Gasteiger partial charge in [-0.15, -0.1) is 0 Å². The summed E-state index contributed by atoms with van der Waals surface area (Å²) in [5.41, 5.74) is 2.49. The number of benzene rings is 1. The van der Waals surface area contributed by atoms with Crippen molar-refractivity contribution >= 4 is 0 Å². The lowest BCUT2D eigenvalue weighted by molar-refractivity contribution is 0.420. The molecule has 0 bridgehead atoms. The zero-order valence-corrected chi connectivity index (χ0v) is 13.1. The first-order valence-corrected chi connectivity index (χ1v) is 7.15. The second-order valence-electron chi connectivity index (χ2n) is 6.29. The second kappa shape index (κ2) is 6.31. The fraction of sp³-hybridized carbons (Fsp3) is 0.412. The van der Waals surface area contributed by atoms with Crippen molar-refractivity contribution in [1.82, 2.24) is 15.3 Å².